The van der Waals surface area contributed by atoms with Gasteiger partial charge in [-0.15, -0.1) is 0 Å². The molecule has 24 heavy (non-hydrogen) atoms. The molecule has 0 aliphatic carbocycles. The Labute approximate surface area is 154 Å². The average molecular weight is 400 g/mol. The molecule has 0 aromatic heterocycles. The Kier molecular flexibility index (Phi) is 10.7. The molecule has 0 bridgehead atoms. The van der Waals surface area contributed by atoms with Crippen molar-refractivity contribution >= 4 is 21.6 Å². The number of unbranched alkanes of at least 4 members (excludes halogenated alkanes) is 8. The average Bonchev–Trinajstić information content (AvgIpc) is 2.54. The highest BCUT2D eigenvalue weighted by Crippen LogP contribution is 2.28. The maximum absolute atomic E-state index is 10.8. The van der Waals surface area contributed by atoms with Crippen molar-refractivity contribution in [2.75, 3.05) is 11.9 Å². The highest BCUT2D eigenvalue weighted by Gasteiger charge is 2.12. The normalized spacial score (nSPS) is 10.8. The number of halogens is 1. The second-order valence-corrected chi connectivity index (χ2v) is 7.18. The summed E-state index contributed by atoms with van der Waals surface area (Å²) in [6.07, 6.45) is 11.5. The highest BCUT2D eigenvalue weighted by atomic mass is 79.9. The van der Waals surface area contributed by atoms with E-state index in [9.17, 15) is 10.1 Å². The lowest BCUT2D eigenvalue weighted by Gasteiger charge is -2.12. The SMILES string of the molecule is Cc1cc([N+](=O)[O-])cc(C)c1OCCCCCCCCCCCBr. The van der Waals surface area contributed by atoms with Gasteiger partial charge in [0, 0.05) is 17.5 Å². The maximum Gasteiger partial charge on any atom is 0.270 e. The van der Waals surface area contributed by atoms with Gasteiger partial charge in [0.15, 0.2) is 0 Å². The van der Waals surface area contributed by atoms with E-state index in [1.54, 1.807) is 12.1 Å². The lowest BCUT2D eigenvalue weighted by Crippen LogP contribution is -2.02. The molecular weight excluding hydrogens is 370 g/mol. The molecule has 0 fully saturated rings. The van der Waals surface area contributed by atoms with Crippen molar-refractivity contribution in [3.8, 4) is 5.75 Å². The Morgan fingerprint density at radius 2 is 1.38 bits per heavy atom. The minimum absolute atomic E-state index is 0.133. The van der Waals surface area contributed by atoms with Gasteiger partial charge in [-0.3, -0.25) is 10.1 Å². The minimum Gasteiger partial charge on any atom is -0.493 e. The number of ether oxygens (including phenoxy) is 1. The molecule has 1 aromatic rings. The number of nitro benzene ring substituents is 1. The monoisotopic (exact) mass is 399 g/mol. The van der Waals surface area contributed by atoms with Crippen LogP contribution in [-0.4, -0.2) is 16.9 Å². The van der Waals surface area contributed by atoms with E-state index in [4.69, 9.17) is 4.74 Å². The first-order chi connectivity index (χ1) is 11.6. The van der Waals surface area contributed by atoms with Crippen LogP contribution in [0, 0.1) is 24.0 Å². The number of non-ortho nitro benzene ring substituents is 1. The summed E-state index contributed by atoms with van der Waals surface area (Å²) >= 11 is 3.46. The summed E-state index contributed by atoms with van der Waals surface area (Å²) in [6.45, 7) is 4.42. The first kappa shape index (κ1) is 20.9. The van der Waals surface area contributed by atoms with E-state index < -0.39 is 0 Å². The van der Waals surface area contributed by atoms with Gasteiger partial charge in [0.1, 0.15) is 5.75 Å². The Bertz CT molecular complexity index is 482. The van der Waals surface area contributed by atoms with Crippen molar-refractivity contribution in [1.29, 1.82) is 0 Å². The third kappa shape index (κ3) is 8.13. The molecule has 0 N–H and O–H groups in total. The fraction of sp³-hybridized carbons (Fsp3) is 0.684. The summed E-state index contributed by atoms with van der Waals surface area (Å²) in [6, 6.07) is 3.16. The Balaban J connectivity index is 2.14. The van der Waals surface area contributed by atoms with Gasteiger partial charge in [0.05, 0.1) is 11.5 Å². The quantitative estimate of drug-likeness (QED) is 0.164. The molecule has 0 saturated heterocycles. The zero-order valence-electron chi connectivity index (χ0n) is 15.0. The summed E-state index contributed by atoms with van der Waals surface area (Å²) in [7, 11) is 0. The van der Waals surface area contributed by atoms with E-state index in [1.165, 1.54) is 51.4 Å². The smallest absolute Gasteiger partial charge is 0.270 e. The van der Waals surface area contributed by atoms with Crippen molar-refractivity contribution in [3.05, 3.63) is 33.4 Å². The van der Waals surface area contributed by atoms with Crippen molar-refractivity contribution in [1.82, 2.24) is 0 Å². The minimum atomic E-state index is -0.357. The molecule has 5 heteroatoms. The number of rotatable bonds is 13. The summed E-state index contributed by atoms with van der Waals surface area (Å²) < 4.78 is 5.85. The molecule has 0 amide bonds. The van der Waals surface area contributed by atoms with Gasteiger partial charge in [-0.2, -0.15) is 0 Å². The van der Waals surface area contributed by atoms with Crippen molar-refractivity contribution in [2.45, 2.75) is 71.6 Å². The van der Waals surface area contributed by atoms with Crippen LogP contribution >= 0.6 is 15.9 Å². The molecule has 0 unspecified atom stereocenters. The van der Waals surface area contributed by atoms with Gasteiger partial charge in [0.2, 0.25) is 0 Å². The van der Waals surface area contributed by atoms with Gasteiger partial charge >= 0.3 is 0 Å². The zero-order valence-corrected chi connectivity index (χ0v) is 16.6. The van der Waals surface area contributed by atoms with Gasteiger partial charge < -0.3 is 4.74 Å². The third-order valence-electron chi connectivity index (χ3n) is 4.18. The van der Waals surface area contributed by atoms with Crippen LogP contribution in [0.15, 0.2) is 12.1 Å². The largest absolute Gasteiger partial charge is 0.493 e. The molecular formula is C19H30BrNO3. The van der Waals surface area contributed by atoms with Crippen LogP contribution in [0.4, 0.5) is 5.69 Å². The van der Waals surface area contributed by atoms with Crippen LogP contribution < -0.4 is 4.74 Å². The number of hydrogen-bond donors (Lipinski definition) is 0. The standard InChI is InChI=1S/C19H30BrNO3/c1-16-14-18(21(22)23)15-17(2)19(16)24-13-11-9-7-5-3-4-6-8-10-12-20/h14-15H,3-13H2,1-2H3. The molecule has 1 rings (SSSR count). The van der Waals surface area contributed by atoms with E-state index in [2.05, 4.69) is 15.9 Å². The Hall–Kier alpha value is -1.10. The van der Waals surface area contributed by atoms with E-state index in [0.717, 1.165) is 28.6 Å². The van der Waals surface area contributed by atoms with Crippen LogP contribution in [-0.2, 0) is 0 Å². The predicted molar refractivity (Wildman–Crippen MR) is 103 cm³/mol. The Morgan fingerprint density at radius 3 is 1.83 bits per heavy atom. The molecule has 0 heterocycles. The van der Waals surface area contributed by atoms with Gasteiger partial charge in [-0.1, -0.05) is 60.9 Å². The summed E-state index contributed by atoms with van der Waals surface area (Å²) in [5, 5.41) is 12.0. The van der Waals surface area contributed by atoms with Crippen molar-refractivity contribution < 1.29 is 9.66 Å². The van der Waals surface area contributed by atoms with Crippen molar-refractivity contribution in [3.63, 3.8) is 0 Å². The molecule has 4 nitrogen and oxygen atoms in total. The second-order valence-electron chi connectivity index (χ2n) is 6.39. The van der Waals surface area contributed by atoms with Gasteiger partial charge in [-0.25, -0.2) is 0 Å². The molecule has 0 aliphatic heterocycles. The van der Waals surface area contributed by atoms with E-state index in [-0.39, 0.29) is 10.6 Å². The topological polar surface area (TPSA) is 52.4 Å². The zero-order chi connectivity index (χ0) is 17.8. The highest BCUT2D eigenvalue weighted by molar-refractivity contribution is 9.09. The lowest BCUT2D eigenvalue weighted by molar-refractivity contribution is -0.385. The maximum atomic E-state index is 10.8. The molecule has 0 aliphatic rings. The number of hydrogen-bond acceptors (Lipinski definition) is 3. The first-order valence-corrected chi connectivity index (χ1v) is 10.1. The molecule has 0 saturated carbocycles. The second kappa shape index (κ2) is 12.3. The van der Waals surface area contributed by atoms with Crippen LogP contribution in [0.2, 0.25) is 0 Å². The number of aryl methyl sites for hydroxylation is 2. The number of nitrogens with zero attached hydrogens (tertiary/aromatic N) is 1. The predicted octanol–water partition coefficient (Wildman–Crippen LogP) is 6.50. The van der Waals surface area contributed by atoms with Crippen LogP contribution in [0.25, 0.3) is 0 Å². The summed E-state index contributed by atoms with van der Waals surface area (Å²) in [5.74, 6) is 0.799. The van der Waals surface area contributed by atoms with Crippen LogP contribution in [0.3, 0.4) is 0 Å². The Morgan fingerprint density at radius 1 is 0.917 bits per heavy atom. The third-order valence-corrected chi connectivity index (χ3v) is 4.74. The molecule has 0 radical (unpaired) electrons. The van der Waals surface area contributed by atoms with Crippen LogP contribution in [0.1, 0.15) is 68.9 Å². The molecule has 1 aromatic carbocycles. The fourth-order valence-corrected chi connectivity index (χ4v) is 3.27. The summed E-state index contributed by atoms with van der Waals surface area (Å²) in [4.78, 5) is 10.5. The first-order valence-electron chi connectivity index (χ1n) is 9.00. The van der Waals surface area contributed by atoms with Crippen molar-refractivity contribution in [2.24, 2.45) is 0 Å². The van der Waals surface area contributed by atoms with Gasteiger partial charge in [0.25, 0.3) is 5.69 Å². The molecule has 0 atom stereocenters. The lowest BCUT2D eigenvalue weighted by atomic mass is 10.1. The summed E-state index contributed by atoms with van der Waals surface area (Å²) in [5.41, 5.74) is 1.81. The number of alkyl halides is 1. The van der Waals surface area contributed by atoms with Crippen LogP contribution in [0.5, 0.6) is 5.75 Å². The molecule has 0 spiro atoms. The molecule has 136 valence electrons. The fourth-order valence-electron chi connectivity index (χ4n) is 2.87. The number of nitro groups is 1. The van der Waals surface area contributed by atoms with E-state index >= 15 is 0 Å². The number of benzene rings is 1. The van der Waals surface area contributed by atoms with E-state index in [1.807, 2.05) is 13.8 Å². The van der Waals surface area contributed by atoms with E-state index in [0.29, 0.717) is 6.61 Å². The van der Waals surface area contributed by atoms with Gasteiger partial charge in [-0.05, 0) is 37.8 Å².